The molecule has 2 unspecified atom stereocenters. The zero-order chi connectivity index (χ0) is 13.9. The SMILES string of the molecule is CNc1ncnc(NC2CC2c2ccccc2)c1OC. The number of rotatable bonds is 5. The van der Waals surface area contributed by atoms with Crippen molar-refractivity contribution in [1.29, 1.82) is 0 Å². The Hall–Kier alpha value is -2.30. The van der Waals surface area contributed by atoms with Gasteiger partial charge in [0.2, 0.25) is 5.75 Å². The van der Waals surface area contributed by atoms with Crippen molar-refractivity contribution < 1.29 is 4.74 Å². The van der Waals surface area contributed by atoms with E-state index < -0.39 is 0 Å². The van der Waals surface area contributed by atoms with Crippen molar-refractivity contribution in [2.75, 3.05) is 24.8 Å². The average molecular weight is 270 g/mol. The first kappa shape index (κ1) is 12.7. The van der Waals surface area contributed by atoms with E-state index >= 15 is 0 Å². The largest absolute Gasteiger partial charge is 0.490 e. The van der Waals surface area contributed by atoms with Gasteiger partial charge in [-0.3, -0.25) is 0 Å². The molecule has 2 aromatic rings. The van der Waals surface area contributed by atoms with Crippen LogP contribution >= 0.6 is 0 Å². The third kappa shape index (κ3) is 2.39. The van der Waals surface area contributed by atoms with Crippen molar-refractivity contribution in [3.8, 4) is 5.75 Å². The van der Waals surface area contributed by atoms with Gasteiger partial charge in [-0.25, -0.2) is 9.97 Å². The molecule has 1 aliphatic rings. The highest BCUT2D eigenvalue weighted by Crippen LogP contribution is 2.44. The Labute approximate surface area is 118 Å². The lowest BCUT2D eigenvalue weighted by Crippen LogP contribution is -2.09. The molecule has 5 heteroatoms. The number of anilines is 2. The molecule has 5 nitrogen and oxygen atoms in total. The van der Waals surface area contributed by atoms with Crippen molar-refractivity contribution >= 4 is 11.6 Å². The van der Waals surface area contributed by atoms with Gasteiger partial charge in [-0.1, -0.05) is 30.3 Å². The summed E-state index contributed by atoms with van der Waals surface area (Å²) >= 11 is 0. The summed E-state index contributed by atoms with van der Waals surface area (Å²) < 4.78 is 5.39. The van der Waals surface area contributed by atoms with Crippen LogP contribution in [0.25, 0.3) is 0 Å². The summed E-state index contributed by atoms with van der Waals surface area (Å²) in [5.74, 6) is 2.65. The Bertz CT molecular complexity index is 588. The van der Waals surface area contributed by atoms with Gasteiger partial charge in [0.25, 0.3) is 0 Å². The first-order chi connectivity index (χ1) is 9.83. The monoisotopic (exact) mass is 270 g/mol. The molecule has 3 rings (SSSR count). The van der Waals surface area contributed by atoms with E-state index in [1.807, 2.05) is 13.1 Å². The Morgan fingerprint density at radius 3 is 2.60 bits per heavy atom. The molecule has 0 aliphatic heterocycles. The van der Waals surface area contributed by atoms with Crippen molar-refractivity contribution in [2.45, 2.75) is 18.4 Å². The van der Waals surface area contributed by atoms with E-state index in [0.717, 1.165) is 12.2 Å². The minimum atomic E-state index is 0.408. The molecule has 0 saturated heterocycles. The third-order valence-electron chi connectivity index (χ3n) is 3.59. The molecule has 2 N–H and O–H groups in total. The Morgan fingerprint density at radius 1 is 1.15 bits per heavy atom. The zero-order valence-corrected chi connectivity index (χ0v) is 11.6. The fourth-order valence-corrected chi connectivity index (χ4v) is 2.45. The fraction of sp³-hybridized carbons (Fsp3) is 0.333. The lowest BCUT2D eigenvalue weighted by atomic mass is 10.1. The minimum absolute atomic E-state index is 0.408. The van der Waals surface area contributed by atoms with Crippen LogP contribution in [0.1, 0.15) is 17.9 Å². The number of ether oxygens (including phenoxy) is 1. The Morgan fingerprint density at radius 2 is 1.90 bits per heavy atom. The van der Waals surface area contributed by atoms with E-state index in [0.29, 0.717) is 23.5 Å². The van der Waals surface area contributed by atoms with Gasteiger partial charge in [0.05, 0.1) is 7.11 Å². The lowest BCUT2D eigenvalue weighted by molar-refractivity contribution is 0.415. The number of hydrogen-bond donors (Lipinski definition) is 2. The summed E-state index contributed by atoms with van der Waals surface area (Å²) in [6.45, 7) is 0. The summed E-state index contributed by atoms with van der Waals surface area (Å²) in [5, 5.41) is 6.45. The van der Waals surface area contributed by atoms with Gasteiger partial charge in [-0.15, -0.1) is 0 Å². The molecule has 1 aromatic carbocycles. The summed E-state index contributed by atoms with van der Waals surface area (Å²) in [7, 11) is 3.45. The summed E-state index contributed by atoms with van der Waals surface area (Å²) in [6, 6.07) is 10.9. The normalized spacial score (nSPS) is 20.3. The van der Waals surface area contributed by atoms with E-state index in [2.05, 4.69) is 44.9 Å². The maximum atomic E-state index is 5.39. The molecule has 1 aliphatic carbocycles. The van der Waals surface area contributed by atoms with Crippen molar-refractivity contribution in [2.24, 2.45) is 0 Å². The summed E-state index contributed by atoms with van der Waals surface area (Å²) in [5.41, 5.74) is 1.37. The molecule has 0 radical (unpaired) electrons. The van der Waals surface area contributed by atoms with E-state index in [1.165, 1.54) is 11.9 Å². The molecule has 0 spiro atoms. The van der Waals surface area contributed by atoms with E-state index in [4.69, 9.17) is 4.74 Å². The third-order valence-corrected chi connectivity index (χ3v) is 3.59. The fourth-order valence-electron chi connectivity index (χ4n) is 2.45. The van der Waals surface area contributed by atoms with Crippen LogP contribution in [0.3, 0.4) is 0 Å². The minimum Gasteiger partial charge on any atom is -0.490 e. The van der Waals surface area contributed by atoms with Crippen LogP contribution in [0.15, 0.2) is 36.7 Å². The first-order valence-electron chi connectivity index (χ1n) is 6.71. The van der Waals surface area contributed by atoms with Gasteiger partial charge in [-0.2, -0.15) is 0 Å². The molecule has 2 atom stereocenters. The van der Waals surface area contributed by atoms with E-state index in [1.54, 1.807) is 7.11 Å². The van der Waals surface area contributed by atoms with Crippen molar-refractivity contribution in [3.63, 3.8) is 0 Å². The number of hydrogen-bond acceptors (Lipinski definition) is 5. The molecule has 1 fully saturated rings. The smallest absolute Gasteiger partial charge is 0.204 e. The molecule has 20 heavy (non-hydrogen) atoms. The Balaban J connectivity index is 1.74. The van der Waals surface area contributed by atoms with E-state index in [-0.39, 0.29) is 0 Å². The molecule has 1 saturated carbocycles. The quantitative estimate of drug-likeness (QED) is 0.874. The second-order valence-corrected chi connectivity index (χ2v) is 4.86. The second kappa shape index (κ2) is 5.36. The predicted octanol–water partition coefficient (Wildman–Crippen LogP) is 2.49. The highest BCUT2D eigenvalue weighted by Gasteiger charge is 2.39. The number of benzene rings is 1. The maximum Gasteiger partial charge on any atom is 0.204 e. The standard InChI is InChI=1S/C15H18N4O/c1-16-14-13(20-2)15(18-9-17-14)19-12-8-11(12)10-6-4-3-5-7-10/h3-7,9,11-12H,8H2,1-2H3,(H2,16,17,18,19). The lowest BCUT2D eigenvalue weighted by Gasteiger charge is -2.12. The van der Waals surface area contributed by atoms with Crippen molar-refractivity contribution in [1.82, 2.24) is 9.97 Å². The molecule has 104 valence electrons. The van der Waals surface area contributed by atoms with Crippen LogP contribution in [0, 0.1) is 0 Å². The molecular formula is C15H18N4O. The van der Waals surface area contributed by atoms with Gasteiger partial charge in [0.15, 0.2) is 11.6 Å². The number of aromatic nitrogens is 2. The number of nitrogens with zero attached hydrogens (tertiary/aromatic N) is 2. The summed E-state index contributed by atoms with van der Waals surface area (Å²) in [6.07, 6.45) is 2.66. The molecule has 0 bridgehead atoms. The van der Waals surface area contributed by atoms with Crippen molar-refractivity contribution in [3.05, 3.63) is 42.2 Å². The van der Waals surface area contributed by atoms with Gasteiger partial charge in [0.1, 0.15) is 6.33 Å². The molecule has 0 amide bonds. The highest BCUT2D eigenvalue weighted by atomic mass is 16.5. The number of nitrogens with one attached hydrogen (secondary N) is 2. The molecular weight excluding hydrogens is 252 g/mol. The van der Waals surface area contributed by atoms with Gasteiger partial charge in [0, 0.05) is 19.0 Å². The van der Waals surface area contributed by atoms with Crippen LogP contribution in [0.5, 0.6) is 5.75 Å². The average Bonchev–Trinajstić information content (AvgIpc) is 3.27. The van der Waals surface area contributed by atoms with Crippen LogP contribution in [0.2, 0.25) is 0 Å². The molecule has 1 aromatic heterocycles. The zero-order valence-electron chi connectivity index (χ0n) is 11.6. The highest BCUT2D eigenvalue weighted by molar-refractivity contribution is 5.64. The summed E-state index contributed by atoms with van der Waals surface area (Å²) in [4.78, 5) is 8.43. The van der Waals surface area contributed by atoms with Crippen LogP contribution < -0.4 is 15.4 Å². The maximum absolute atomic E-state index is 5.39. The van der Waals surface area contributed by atoms with Crippen LogP contribution in [-0.4, -0.2) is 30.2 Å². The topological polar surface area (TPSA) is 59.1 Å². The van der Waals surface area contributed by atoms with Crippen LogP contribution in [0.4, 0.5) is 11.6 Å². The first-order valence-corrected chi connectivity index (χ1v) is 6.71. The second-order valence-electron chi connectivity index (χ2n) is 4.86. The Kier molecular flexibility index (Phi) is 3.41. The van der Waals surface area contributed by atoms with Gasteiger partial charge >= 0.3 is 0 Å². The van der Waals surface area contributed by atoms with E-state index in [9.17, 15) is 0 Å². The van der Waals surface area contributed by atoms with Gasteiger partial charge < -0.3 is 15.4 Å². The molecule has 1 heterocycles. The predicted molar refractivity (Wildman–Crippen MR) is 79.3 cm³/mol. The van der Waals surface area contributed by atoms with Gasteiger partial charge in [-0.05, 0) is 12.0 Å². The van der Waals surface area contributed by atoms with Crippen LogP contribution in [-0.2, 0) is 0 Å². The number of methoxy groups -OCH3 is 1.